The summed E-state index contributed by atoms with van der Waals surface area (Å²) in [6.45, 7) is 2.07. The Morgan fingerprint density at radius 3 is 2.48 bits per heavy atom. The molecule has 0 aliphatic rings. The molecule has 1 aromatic heterocycles. The number of hydrogen-bond acceptors (Lipinski definition) is 3. The number of carbonyl (C=O) groups is 2. The van der Waals surface area contributed by atoms with Gasteiger partial charge in [-0.1, -0.05) is 30.3 Å². The average molecular weight is 333 g/mol. The number of fused-ring (bicyclic) bond motifs is 1. The first kappa shape index (κ1) is 16.6. The Hall–Kier alpha value is -3.21. The van der Waals surface area contributed by atoms with E-state index in [0.29, 0.717) is 12.1 Å². The largest absolute Gasteiger partial charge is 0.350 e. The highest BCUT2D eigenvalue weighted by molar-refractivity contribution is 6.00. The lowest BCUT2D eigenvalue weighted by Crippen LogP contribution is -2.44. The third-order valence-electron chi connectivity index (χ3n) is 3.97. The highest BCUT2D eigenvalue weighted by Gasteiger charge is 2.16. The molecule has 5 nitrogen and oxygen atoms in total. The molecule has 0 saturated carbocycles. The minimum atomic E-state index is -0.624. The molecule has 0 aliphatic carbocycles. The Labute approximate surface area is 146 Å². The van der Waals surface area contributed by atoms with Gasteiger partial charge in [-0.15, -0.1) is 0 Å². The van der Waals surface area contributed by atoms with Gasteiger partial charge in [0.25, 0.3) is 5.91 Å². The first-order valence-corrected chi connectivity index (χ1v) is 8.10. The van der Waals surface area contributed by atoms with Crippen LogP contribution in [0.2, 0.25) is 0 Å². The van der Waals surface area contributed by atoms with Crippen molar-refractivity contribution >= 4 is 22.6 Å². The first-order chi connectivity index (χ1) is 12.1. The van der Waals surface area contributed by atoms with Crippen molar-refractivity contribution in [2.75, 3.05) is 0 Å². The van der Waals surface area contributed by atoms with Crippen LogP contribution in [0.1, 0.15) is 22.8 Å². The number of benzene rings is 2. The van der Waals surface area contributed by atoms with Crippen LogP contribution in [-0.2, 0) is 11.3 Å². The summed E-state index contributed by atoms with van der Waals surface area (Å²) in [7, 11) is 0. The maximum Gasteiger partial charge on any atom is 0.251 e. The molecule has 0 fully saturated rings. The minimum Gasteiger partial charge on any atom is -0.350 e. The molecular weight excluding hydrogens is 314 g/mol. The zero-order valence-corrected chi connectivity index (χ0v) is 13.9. The van der Waals surface area contributed by atoms with Crippen LogP contribution in [0.15, 0.2) is 67.0 Å². The van der Waals surface area contributed by atoms with Crippen LogP contribution in [0.3, 0.4) is 0 Å². The highest BCUT2D eigenvalue weighted by Crippen LogP contribution is 2.15. The first-order valence-electron chi connectivity index (χ1n) is 8.10. The quantitative estimate of drug-likeness (QED) is 0.754. The van der Waals surface area contributed by atoms with E-state index in [9.17, 15) is 9.59 Å². The van der Waals surface area contributed by atoms with Crippen molar-refractivity contribution in [3.05, 3.63) is 78.1 Å². The van der Waals surface area contributed by atoms with E-state index in [1.165, 1.54) is 0 Å². The van der Waals surface area contributed by atoms with Crippen molar-refractivity contribution < 1.29 is 9.59 Å². The predicted octanol–water partition coefficient (Wildman–Crippen LogP) is 2.67. The molecule has 126 valence electrons. The van der Waals surface area contributed by atoms with Crippen molar-refractivity contribution in [2.24, 2.45) is 0 Å². The maximum absolute atomic E-state index is 12.4. The van der Waals surface area contributed by atoms with Crippen LogP contribution >= 0.6 is 0 Å². The fraction of sp³-hybridized carbons (Fsp3) is 0.150. The molecule has 0 radical (unpaired) electrons. The van der Waals surface area contributed by atoms with Crippen molar-refractivity contribution in [2.45, 2.75) is 19.5 Å². The molecule has 5 heteroatoms. The van der Waals surface area contributed by atoms with Crippen LogP contribution < -0.4 is 10.6 Å². The lowest BCUT2D eigenvalue weighted by molar-refractivity contribution is -0.122. The van der Waals surface area contributed by atoms with E-state index in [-0.39, 0.29) is 11.8 Å². The van der Waals surface area contributed by atoms with Gasteiger partial charge >= 0.3 is 0 Å². The molecule has 25 heavy (non-hydrogen) atoms. The Morgan fingerprint density at radius 2 is 1.72 bits per heavy atom. The van der Waals surface area contributed by atoms with E-state index in [0.717, 1.165) is 16.3 Å². The van der Waals surface area contributed by atoms with Gasteiger partial charge in [0.15, 0.2) is 0 Å². The Balaban J connectivity index is 1.59. The number of pyridine rings is 1. The number of aromatic nitrogens is 1. The number of rotatable bonds is 5. The predicted molar refractivity (Wildman–Crippen MR) is 97.0 cm³/mol. The summed E-state index contributed by atoms with van der Waals surface area (Å²) in [6, 6.07) is 16.4. The molecule has 0 spiro atoms. The molecule has 2 aromatic carbocycles. The summed E-state index contributed by atoms with van der Waals surface area (Å²) >= 11 is 0. The fourth-order valence-corrected chi connectivity index (χ4v) is 2.52. The van der Waals surface area contributed by atoms with E-state index in [1.54, 1.807) is 25.4 Å². The zero-order chi connectivity index (χ0) is 17.6. The van der Waals surface area contributed by atoms with E-state index in [1.807, 2.05) is 48.5 Å². The molecule has 0 saturated heterocycles. The smallest absolute Gasteiger partial charge is 0.251 e. The molecule has 1 atom stereocenters. The SMILES string of the molecule is C[C@H](NC(=O)c1ccc2ccccc2c1)C(=O)NCc1ccncc1. The topological polar surface area (TPSA) is 71.1 Å². The van der Waals surface area contributed by atoms with Crippen molar-refractivity contribution in [3.8, 4) is 0 Å². The molecule has 1 heterocycles. The molecule has 2 N–H and O–H groups in total. The summed E-state index contributed by atoms with van der Waals surface area (Å²) < 4.78 is 0. The molecule has 0 bridgehead atoms. The average Bonchev–Trinajstić information content (AvgIpc) is 2.66. The number of amides is 2. The van der Waals surface area contributed by atoms with Crippen LogP contribution in [0.4, 0.5) is 0 Å². The lowest BCUT2D eigenvalue weighted by Gasteiger charge is -2.14. The van der Waals surface area contributed by atoms with Gasteiger partial charge in [0, 0.05) is 24.5 Å². The summed E-state index contributed by atoms with van der Waals surface area (Å²) in [5.74, 6) is -0.497. The second-order valence-corrected chi connectivity index (χ2v) is 5.83. The van der Waals surface area contributed by atoms with Gasteiger partial charge in [0.05, 0.1) is 0 Å². The van der Waals surface area contributed by atoms with Gasteiger partial charge in [0.2, 0.25) is 5.91 Å². The molecule has 3 rings (SSSR count). The van der Waals surface area contributed by atoms with E-state index >= 15 is 0 Å². The van der Waals surface area contributed by atoms with Gasteiger partial charge in [-0.3, -0.25) is 14.6 Å². The monoisotopic (exact) mass is 333 g/mol. The third-order valence-corrected chi connectivity index (χ3v) is 3.97. The van der Waals surface area contributed by atoms with E-state index < -0.39 is 6.04 Å². The van der Waals surface area contributed by atoms with Crippen LogP contribution in [0.5, 0.6) is 0 Å². The van der Waals surface area contributed by atoms with Gasteiger partial charge in [-0.25, -0.2) is 0 Å². The summed E-state index contributed by atoms with van der Waals surface area (Å²) in [4.78, 5) is 28.5. The van der Waals surface area contributed by atoms with Crippen LogP contribution in [-0.4, -0.2) is 22.8 Å². The van der Waals surface area contributed by atoms with Crippen molar-refractivity contribution in [1.82, 2.24) is 15.6 Å². The van der Waals surface area contributed by atoms with Gasteiger partial charge in [-0.05, 0) is 47.5 Å². The van der Waals surface area contributed by atoms with Crippen LogP contribution in [0, 0.1) is 0 Å². The Bertz CT molecular complexity index is 894. The molecule has 3 aromatic rings. The van der Waals surface area contributed by atoms with E-state index in [4.69, 9.17) is 0 Å². The Morgan fingerprint density at radius 1 is 1.00 bits per heavy atom. The number of nitrogens with one attached hydrogen (secondary N) is 2. The van der Waals surface area contributed by atoms with Crippen molar-refractivity contribution in [3.63, 3.8) is 0 Å². The van der Waals surface area contributed by atoms with Gasteiger partial charge in [-0.2, -0.15) is 0 Å². The normalized spacial score (nSPS) is 11.7. The maximum atomic E-state index is 12.4. The number of carbonyl (C=O) groups excluding carboxylic acids is 2. The number of hydrogen-bond donors (Lipinski definition) is 2. The molecule has 2 amide bonds. The van der Waals surface area contributed by atoms with Crippen molar-refractivity contribution in [1.29, 1.82) is 0 Å². The second kappa shape index (κ2) is 7.57. The molecular formula is C20H19N3O2. The molecule has 0 aliphatic heterocycles. The molecule has 0 unspecified atom stereocenters. The van der Waals surface area contributed by atoms with Crippen LogP contribution in [0.25, 0.3) is 10.8 Å². The minimum absolute atomic E-state index is 0.231. The third kappa shape index (κ3) is 4.20. The summed E-state index contributed by atoms with van der Waals surface area (Å²) in [6.07, 6.45) is 3.35. The second-order valence-electron chi connectivity index (χ2n) is 5.83. The standard InChI is InChI=1S/C20H19N3O2/c1-14(19(24)22-13-15-8-10-21-11-9-15)23-20(25)18-7-6-16-4-2-3-5-17(16)12-18/h2-12,14H,13H2,1H3,(H,22,24)(H,23,25)/t14-/m0/s1. The van der Waals surface area contributed by atoms with Gasteiger partial charge < -0.3 is 10.6 Å². The van der Waals surface area contributed by atoms with E-state index in [2.05, 4.69) is 15.6 Å². The fourth-order valence-electron chi connectivity index (χ4n) is 2.52. The summed E-state index contributed by atoms with van der Waals surface area (Å²) in [5, 5.41) is 7.60. The Kier molecular flexibility index (Phi) is 5.04. The highest BCUT2D eigenvalue weighted by atomic mass is 16.2. The zero-order valence-electron chi connectivity index (χ0n) is 13.9. The van der Waals surface area contributed by atoms with Gasteiger partial charge in [0.1, 0.15) is 6.04 Å². The number of nitrogens with zero attached hydrogens (tertiary/aromatic N) is 1. The lowest BCUT2D eigenvalue weighted by atomic mass is 10.1. The summed E-state index contributed by atoms with van der Waals surface area (Å²) in [5.41, 5.74) is 1.49.